The van der Waals surface area contributed by atoms with E-state index in [9.17, 15) is 18.4 Å². The van der Waals surface area contributed by atoms with Gasteiger partial charge in [-0.1, -0.05) is 32.9 Å². The van der Waals surface area contributed by atoms with Crippen LogP contribution in [-0.2, 0) is 9.59 Å². The van der Waals surface area contributed by atoms with Crippen LogP contribution < -0.4 is 10.2 Å². The fourth-order valence-electron chi connectivity index (χ4n) is 4.90. The Balaban J connectivity index is 1.61. The fraction of sp³-hybridized carbons (Fsp3) is 0.455. The minimum absolute atomic E-state index is 0.0352. The average Bonchev–Trinajstić information content (AvgIpc) is 3.10. The summed E-state index contributed by atoms with van der Waals surface area (Å²) in [5.41, 5.74) is 1.41. The third-order valence-corrected chi connectivity index (χ3v) is 6.18. The van der Waals surface area contributed by atoms with E-state index in [0.29, 0.717) is 17.8 Å². The molecule has 1 aliphatic carbocycles. The Morgan fingerprint density at radius 2 is 1.93 bits per heavy atom. The molecular formula is C22H24F2N2O2. The van der Waals surface area contributed by atoms with Crippen LogP contribution in [0, 0.1) is 29.5 Å². The number of rotatable bonds is 4. The lowest BCUT2D eigenvalue weighted by Gasteiger charge is -2.29. The minimum atomic E-state index is -0.621. The number of carbonyl (C=O) groups is 2. The molecular weight excluding hydrogens is 362 g/mol. The smallest absolute Gasteiger partial charge is 0.234 e. The van der Waals surface area contributed by atoms with Gasteiger partial charge in [-0.25, -0.2) is 8.78 Å². The van der Waals surface area contributed by atoms with Crippen molar-refractivity contribution < 1.29 is 18.4 Å². The molecule has 1 N–H and O–H groups in total. The normalized spacial score (nSPS) is 29.6. The molecule has 3 unspecified atom stereocenters. The van der Waals surface area contributed by atoms with Crippen molar-refractivity contribution in [2.75, 3.05) is 11.4 Å². The van der Waals surface area contributed by atoms with Gasteiger partial charge in [-0.3, -0.25) is 9.59 Å². The lowest BCUT2D eigenvalue weighted by Crippen LogP contribution is -2.38. The number of hydrogen-bond donors (Lipinski definition) is 1. The molecule has 5 atom stereocenters. The van der Waals surface area contributed by atoms with Crippen LogP contribution in [0.5, 0.6) is 0 Å². The van der Waals surface area contributed by atoms with Crippen molar-refractivity contribution in [1.29, 1.82) is 0 Å². The van der Waals surface area contributed by atoms with Gasteiger partial charge in [0, 0.05) is 18.2 Å². The molecule has 1 saturated heterocycles. The molecule has 6 heteroatoms. The first-order valence-electron chi connectivity index (χ1n) is 9.74. The Morgan fingerprint density at radius 1 is 1.18 bits per heavy atom. The molecule has 0 radical (unpaired) electrons. The second kappa shape index (κ2) is 6.83. The van der Waals surface area contributed by atoms with E-state index in [2.05, 4.69) is 5.32 Å². The van der Waals surface area contributed by atoms with Crippen molar-refractivity contribution in [3.05, 3.63) is 53.6 Å². The summed E-state index contributed by atoms with van der Waals surface area (Å²) in [5.74, 6) is -2.18. The summed E-state index contributed by atoms with van der Waals surface area (Å²) in [5, 5.41) is 2.74. The van der Waals surface area contributed by atoms with E-state index in [1.54, 1.807) is 17.0 Å². The number of allylic oxidation sites excluding steroid dienone is 2. The van der Waals surface area contributed by atoms with E-state index in [0.717, 1.165) is 0 Å². The SMILES string of the molecule is CC(CN1C(=O)[C@H](C(C)C)c2cc(F)ccc21)[C@H]1C(=O)NC2C(F)=CC=CC21. The number of benzene rings is 1. The van der Waals surface area contributed by atoms with Crippen molar-refractivity contribution >= 4 is 17.5 Å². The quantitative estimate of drug-likeness (QED) is 0.858. The number of anilines is 1. The van der Waals surface area contributed by atoms with Gasteiger partial charge in [0.25, 0.3) is 0 Å². The predicted octanol–water partition coefficient (Wildman–Crippen LogP) is 3.70. The summed E-state index contributed by atoms with van der Waals surface area (Å²) < 4.78 is 27.9. The van der Waals surface area contributed by atoms with Gasteiger partial charge in [-0.05, 0) is 41.7 Å². The van der Waals surface area contributed by atoms with E-state index in [-0.39, 0.29) is 41.2 Å². The van der Waals surface area contributed by atoms with Gasteiger partial charge in [0.1, 0.15) is 11.6 Å². The second-order valence-electron chi connectivity index (χ2n) is 8.38. The largest absolute Gasteiger partial charge is 0.346 e. The van der Waals surface area contributed by atoms with Crippen LogP contribution in [0.2, 0.25) is 0 Å². The maximum atomic E-state index is 14.1. The molecule has 2 amide bonds. The van der Waals surface area contributed by atoms with Crippen LogP contribution in [-0.4, -0.2) is 24.4 Å². The van der Waals surface area contributed by atoms with E-state index >= 15 is 0 Å². The number of carbonyl (C=O) groups excluding carboxylic acids is 2. The lowest BCUT2D eigenvalue weighted by atomic mass is 9.79. The van der Waals surface area contributed by atoms with Crippen molar-refractivity contribution in [2.45, 2.75) is 32.7 Å². The van der Waals surface area contributed by atoms with Gasteiger partial charge in [-0.2, -0.15) is 0 Å². The standard InChI is InChI=1S/C22H24F2N2O2/c1-11(2)18-15-9-13(23)7-8-17(15)26(22(18)28)10-12(3)19-14-5-4-6-16(24)20(14)25-21(19)27/h4-9,11-12,14,18-20H,10H2,1-3H3,(H,25,27)/t12?,14?,18-,19-,20?/m1/s1. The van der Waals surface area contributed by atoms with Gasteiger partial charge in [-0.15, -0.1) is 0 Å². The summed E-state index contributed by atoms with van der Waals surface area (Å²) in [6, 6.07) is 3.81. The zero-order chi connectivity index (χ0) is 20.2. The molecule has 28 heavy (non-hydrogen) atoms. The summed E-state index contributed by atoms with van der Waals surface area (Å²) in [7, 11) is 0. The zero-order valence-electron chi connectivity index (χ0n) is 16.2. The van der Waals surface area contributed by atoms with E-state index in [1.807, 2.05) is 26.8 Å². The summed E-state index contributed by atoms with van der Waals surface area (Å²) in [6.07, 6.45) is 4.87. The predicted molar refractivity (Wildman–Crippen MR) is 103 cm³/mol. The zero-order valence-corrected chi connectivity index (χ0v) is 16.2. The van der Waals surface area contributed by atoms with Crippen LogP contribution in [0.3, 0.4) is 0 Å². The summed E-state index contributed by atoms with van der Waals surface area (Å²) >= 11 is 0. The molecule has 2 aliphatic heterocycles. The first-order valence-corrected chi connectivity index (χ1v) is 9.74. The van der Waals surface area contributed by atoms with Crippen LogP contribution in [0.4, 0.5) is 14.5 Å². The maximum Gasteiger partial charge on any atom is 0.234 e. The van der Waals surface area contributed by atoms with Gasteiger partial charge in [0.15, 0.2) is 0 Å². The Kier molecular flexibility index (Phi) is 4.60. The topological polar surface area (TPSA) is 49.4 Å². The fourth-order valence-corrected chi connectivity index (χ4v) is 4.90. The molecule has 0 spiro atoms. The van der Waals surface area contributed by atoms with Crippen molar-refractivity contribution in [3.8, 4) is 0 Å². The molecule has 1 aromatic carbocycles. The van der Waals surface area contributed by atoms with Gasteiger partial charge in [0.05, 0.1) is 17.9 Å². The lowest BCUT2D eigenvalue weighted by molar-refractivity contribution is -0.125. The third kappa shape index (κ3) is 2.86. The first kappa shape index (κ1) is 18.8. The number of hydrogen-bond acceptors (Lipinski definition) is 2. The average molecular weight is 386 g/mol. The molecule has 2 heterocycles. The highest BCUT2D eigenvalue weighted by molar-refractivity contribution is 6.05. The molecule has 148 valence electrons. The molecule has 0 aromatic heterocycles. The summed E-state index contributed by atoms with van der Waals surface area (Å²) in [4.78, 5) is 27.3. The highest BCUT2D eigenvalue weighted by atomic mass is 19.1. The van der Waals surface area contributed by atoms with E-state index in [4.69, 9.17) is 0 Å². The van der Waals surface area contributed by atoms with Crippen LogP contribution >= 0.6 is 0 Å². The minimum Gasteiger partial charge on any atom is -0.346 e. The number of fused-ring (bicyclic) bond motifs is 2. The highest BCUT2D eigenvalue weighted by Gasteiger charge is 2.48. The number of nitrogens with one attached hydrogen (secondary N) is 1. The van der Waals surface area contributed by atoms with Crippen molar-refractivity contribution in [2.24, 2.45) is 23.7 Å². The Hall–Kier alpha value is -2.50. The molecule has 1 fully saturated rings. The molecule has 1 aromatic rings. The van der Waals surface area contributed by atoms with Crippen LogP contribution in [0.15, 0.2) is 42.3 Å². The number of halogens is 2. The van der Waals surface area contributed by atoms with Crippen LogP contribution in [0.1, 0.15) is 32.3 Å². The molecule has 0 saturated carbocycles. The van der Waals surface area contributed by atoms with E-state index < -0.39 is 17.9 Å². The van der Waals surface area contributed by atoms with Crippen molar-refractivity contribution in [1.82, 2.24) is 5.32 Å². The van der Waals surface area contributed by atoms with Gasteiger partial charge in [0.2, 0.25) is 11.8 Å². The monoisotopic (exact) mass is 386 g/mol. The van der Waals surface area contributed by atoms with Crippen molar-refractivity contribution in [3.63, 3.8) is 0 Å². The Morgan fingerprint density at radius 3 is 2.64 bits per heavy atom. The molecule has 4 rings (SSSR count). The van der Waals surface area contributed by atoms with Gasteiger partial charge < -0.3 is 10.2 Å². The summed E-state index contributed by atoms with van der Waals surface area (Å²) in [6.45, 7) is 6.14. The van der Waals surface area contributed by atoms with Crippen LogP contribution in [0.25, 0.3) is 0 Å². The maximum absolute atomic E-state index is 14.1. The Bertz CT molecular complexity index is 893. The Labute approximate surface area is 163 Å². The highest BCUT2D eigenvalue weighted by Crippen LogP contribution is 2.43. The molecule has 3 aliphatic rings. The number of amides is 2. The second-order valence-corrected chi connectivity index (χ2v) is 8.38. The first-order chi connectivity index (χ1) is 13.3. The van der Waals surface area contributed by atoms with Gasteiger partial charge >= 0.3 is 0 Å². The molecule has 4 nitrogen and oxygen atoms in total. The number of nitrogens with zero attached hydrogens (tertiary/aromatic N) is 1. The third-order valence-electron chi connectivity index (χ3n) is 6.18. The van der Waals surface area contributed by atoms with E-state index in [1.165, 1.54) is 18.2 Å². The molecule has 0 bridgehead atoms.